The third kappa shape index (κ3) is 1.93. The topological polar surface area (TPSA) is 66.2 Å². The van der Waals surface area contributed by atoms with Crippen LogP contribution in [-0.4, -0.2) is 28.1 Å². The van der Waals surface area contributed by atoms with Crippen molar-refractivity contribution in [3.63, 3.8) is 0 Å². The molecular weight excluding hydrogens is 282 g/mol. The van der Waals surface area contributed by atoms with E-state index in [9.17, 15) is 4.79 Å². The quantitative estimate of drug-likeness (QED) is 0.694. The molecule has 0 N–H and O–H groups in total. The molecule has 108 valence electrons. The van der Waals surface area contributed by atoms with Gasteiger partial charge in [-0.05, 0) is 12.1 Å². The first-order valence-electron chi connectivity index (χ1n) is 6.73. The molecule has 0 saturated carbocycles. The van der Waals surface area contributed by atoms with E-state index in [1.165, 1.54) is 0 Å². The summed E-state index contributed by atoms with van der Waals surface area (Å²) in [7, 11) is 0. The second-order valence-electron chi connectivity index (χ2n) is 4.76. The lowest BCUT2D eigenvalue weighted by atomic mass is 10.1. The molecule has 0 fully saturated rings. The predicted octanol–water partition coefficient (Wildman–Crippen LogP) is 2.48. The molecule has 6 heteroatoms. The fourth-order valence-electron chi connectivity index (χ4n) is 2.44. The van der Waals surface area contributed by atoms with Crippen LogP contribution in [0.2, 0.25) is 0 Å². The van der Waals surface area contributed by atoms with E-state index < -0.39 is 0 Å². The minimum absolute atomic E-state index is 0.210. The highest BCUT2D eigenvalue weighted by Crippen LogP contribution is 2.34. The van der Waals surface area contributed by atoms with Crippen molar-refractivity contribution in [2.45, 2.75) is 0 Å². The first-order chi connectivity index (χ1) is 10.9. The molecule has 0 amide bonds. The summed E-state index contributed by atoms with van der Waals surface area (Å²) in [6.07, 6.45) is 0.707. The Balaban J connectivity index is 1.89. The van der Waals surface area contributed by atoms with Crippen molar-refractivity contribution in [3.05, 3.63) is 54.2 Å². The Kier molecular flexibility index (Phi) is 2.86. The van der Waals surface area contributed by atoms with Gasteiger partial charge in [0.05, 0.1) is 5.69 Å². The molecule has 0 spiro atoms. The van der Waals surface area contributed by atoms with Crippen LogP contribution in [0, 0.1) is 0 Å². The summed E-state index contributed by atoms with van der Waals surface area (Å²) in [5.41, 5.74) is 2.56. The van der Waals surface area contributed by atoms with Crippen LogP contribution in [0.25, 0.3) is 16.9 Å². The van der Waals surface area contributed by atoms with E-state index in [1.807, 2.05) is 48.5 Å². The molecular formula is C16H11N3O3. The molecule has 0 radical (unpaired) electrons. The number of hydrogen-bond donors (Lipinski definition) is 0. The number of carbonyl (C=O) groups is 1. The maximum atomic E-state index is 11.3. The molecule has 3 aromatic rings. The van der Waals surface area contributed by atoms with Crippen molar-refractivity contribution in [3.8, 4) is 28.4 Å². The largest absolute Gasteiger partial charge is 0.454 e. The molecule has 0 saturated heterocycles. The van der Waals surface area contributed by atoms with Crippen molar-refractivity contribution in [2.75, 3.05) is 6.79 Å². The van der Waals surface area contributed by atoms with Gasteiger partial charge in [-0.2, -0.15) is 0 Å². The van der Waals surface area contributed by atoms with Crippen molar-refractivity contribution in [1.29, 1.82) is 0 Å². The van der Waals surface area contributed by atoms with Gasteiger partial charge >= 0.3 is 0 Å². The van der Waals surface area contributed by atoms with E-state index in [0.717, 1.165) is 11.3 Å². The van der Waals surface area contributed by atoms with Crippen molar-refractivity contribution in [1.82, 2.24) is 15.0 Å². The second kappa shape index (κ2) is 5.00. The van der Waals surface area contributed by atoms with Crippen LogP contribution in [0.5, 0.6) is 11.5 Å². The number of fused-ring (bicyclic) bond motifs is 1. The molecule has 0 aliphatic carbocycles. The number of benzene rings is 2. The summed E-state index contributed by atoms with van der Waals surface area (Å²) < 4.78 is 12.3. The monoisotopic (exact) mass is 293 g/mol. The molecule has 2 aromatic carbocycles. The van der Waals surface area contributed by atoms with Crippen molar-refractivity contribution in [2.24, 2.45) is 0 Å². The zero-order valence-corrected chi connectivity index (χ0v) is 11.5. The number of aldehydes is 1. The number of rotatable bonds is 3. The zero-order chi connectivity index (χ0) is 14.9. The van der Waals surface area contributed by atoms with Gasteiger partial charge in [-0.3, -0.25) is 4.79 Å². The van der Waals surface area contributed by atoms with Crippen LogP contribution < -0.4 is 9.47 Å². The molecule has 0 bridgehead atoms. The van der Waals surface area contributed by atoms with E-state index in [0.29, 0.717) is 29.2 Å². The van der Waals surface area contributed by atoms with Crippen molar-refractivity contribution >= 4 is 6.29 Å². The van der Waals surface area contributed by atoms with Crippen LogP contribution >= 0.6 is 0 Å². The van der Waals surface area contributed by atoms with Gasteiger partial charge in [0.15, 0.2) is 23.5 Å². The summed E-state index contributed by atoms with van der Waals surface area (Å²) in [6, 6.07) is 15.0. The van der Waals surface area contributed by atoms with E-state index >= 15 is 0 Å². The number of ether oxygens (including phenoxy) is 2. The first kappa shape index (κ1) is 12.6. The van der Waals surface area contributed by atoms with Crippen LogP contribution in [0.4, 0.5) is 0 Å². The average molecular weight is 293 g/mol. The third-order valence-electron chi connectivity index (χ3n) is 3.46. The van der Waals surface area contributed by atoms with E-state index in [1.54, 1.807) is 4.68 Å². The maximum Gasteiger partial charge on any atom is 0.231 e. The van der Waals surface area contributed by atoms with E-state index in [-0.39, 0.29) is 6.79 Å². The molecule has 1 aromatic heterocycles. The molecule has 1 aliphatic heterocycles. The zero-order valence-electron chi connectivity index (χ0n) is 11.5. The highest BCUT2D eigenvalue weighted by Gasteiger charge is 2.19. The van der Waals surface area contributed by atoms with Gasteiger partial charge in [0.2, 0.25) is 6.79 Å². The normalized spacial score (nSPS) is 12.4. The Morgan fingerprint density at radius 1 is 1.05 bits per heavy atom. The average Bonchev–Trinajstić information content (AvgIpc) is 3.21. The lowest BCUT2D eigenvalue weighted by molar-refractivity contribution is 0.111. The lowest BCUT2D eigenvalue weighted by Crippen LogP contribution is -2.00. The minimum atomic E-state index is 0.210. The second-order valence-corrected chi connectivity index (χ2v) is 4.76. The molecule has 0 unspecified atom stereocenters. The van der Waals surface area contributed by atoms with Gasteiger partial charge in [0.25, 0.3) is 0 Å². The molecule has 4 rings (SSSR count). The highest BCUT2D eigenvalue weighted by atomic mass is 16.7. The summed E-state index contributed by atoms with van der Waals surface area (Å²) in [5.74, 6) is 1.35. The number of nitrogens with zero attached hydrogens (tertiary/aromatic N) is 3. The van der Waals surface area contributed by atoms with Gasteiger partial charge in [0, 0.05) is 11.6 Å². The van der Waals surface area contributed by atoms with E-state index in [4.69, 9.17) is 9.47 Å². The van der Waals surface area contributed by atoms with Gasteiger partial charge in [-0.15, -0.1) is 5.10 Å². The minimum Gasteiger partial charge on any atom is -0.454 e. The number of carbonyl (C=O) groups excluding carboxylic acids is 1. The molecule has 6 nitrogen and oxygen atoms in total. The maximum absolute atomic E-state index is 11.3. The van der Waals surface area contributed by atoms with Gasteiger partial charge in [-0.25, -0.2) is 4.68 Å². The van der Waals surface area contributed by atoms with Crippen LogP contribution in [0.15, 0.2) is 48.5 Å². The summed E-state index contributed by atoms with van der Waals surface area (Å²) in [5, 5.41) is 8.05. The highest BCUT2D eigenvalue weighted by molar-refractivity contribution is 5.84. The van der Waals surface area contributed by atoms with Crippen LogP contribution in [0.1, 0.15) is 10.5 Å². The fourth-order valence-corrected chi connectivity index (χ4v) is 2.44. The van der Waals surface area contributed by atoms with Crippen LogP contribution in [0.3, 0.4) is 0 Å². The molecule has 0 atom stereocenters. The van der Waals surface area contributed by atoms with Gasteiger partial charge in [0.1, 0.15) is 5.69 Å². The Bertz CT molecular complexity index is 843. The first-order valence-corrected chi connectivity index (χ1v) is 6.73. The molecule has 1 aliphatic rings. The van der Waals surface area contributed by atoms with E-state index in [2.05, 4.69) is 10.3 Å². The van der Waals surface area contributed by atoms with Crippen LogP contribution in [-0.2, 0) is 0 Å². The Morgan fingerprint density at radius 3 is 2.68 bits per heavy atom. The number of hydrogen-bond acceptors (Lipinski definition) is 5. The third-order valence-corrected chi connectivity index (χ3v) is 3.46. The summed E-state index contributed by atoms with van der Waals surface area (Å²) in [4.78, 5) is 11.3. The molecule has 2 heterocycles. The lowest BCUT2D eigenvalue weighted by Gasteiger charge is -2.07. The summed E-state index contributed by atoms with van der Waals surface area (Å²) in [6.45, 7) is 0.210. The fraction of sp³-hybridized carbons (Fsp3) is 0.0625. The molecule has 22 heavy (non-hydrogen) atoms. The smallest absolute Gasteiger partial charge is 0.231 e. The Morgan fingerprint density at radius 2 is 1.86 bits per heavy atom. The van der Waals surface area contributed by atoms with Gasteiger partial charge < -0.3 is 9.47 Å². The SMILES string of the molecule is O=Cc1nnn(-c2ccc3c(c2)OCO3)c1-c1ccccc1. The number of aromatic nitrogens is 3. The van der Waals surface area contributed by atoms with Gasteiger partial charge in [-0.1, -0.05) is 35.5 Å². The Hall–Kier alpha value is -3.15. The predicted molar refractivity (Wildman–Crippen MR) is 78.3 cm³/mol. The Labute approximate surface area is 125 Å². The van der Waals surface area contributed by atoms with Crippen molar-refractivity contribution < 1.29 is 14.3 Å². The standard InChI is InChI=1S/C16H11N3O3/c20-9-13-16(11-4-2-1-3-5-11)19(18-17-13)12-6-7-14-15(8-12)22-10-21-14/h1-9H,10H2. The summed E-state index contributed by atoms with van der Waals surface area (Å²) >= 11 is 0.